The Morgan fingerprint density at radius 2 is 1.86 bits per heavy atom. The maximum Gasteiger partial charge on any atom is 0.205 e. The van der Waals surface area contributed by atoms with Gasteiger partial charge in [-0.15, -0.1) is 0 Å². The van der Waals surface area contributed by atoms with E-state index in [2.05, 4.69) is 39.8 Å². The van der Waals surface area contributed by atoms with Crippen LogP contribution in [0.5, 0.6) is 5.75 Å². The highest BCUT2D eigenvalue weighted by Gasteiger charge is 2.11. The number of nitrogens with one attached hydrogen (secondary N) is 2. The summed E-state index contributed by atoms with van der Waals surface area (Å²) in [6.07, 6.45) is 4.94. The van der Waals surface area contributed by atoms with Crippen molar-refractivity contribution in [1.82, 2.24) is 9.97 Å². The Hall–Kier alpha value is -2.34. The Morgan fingerprint density at radius 3 is 2.48 bits per heavy atom. The number of aryl methyl sites for hydroxylation is 1. The number of ether oxygens (including phenoxy) is 1. The maximum atomic E-state index is 5.41. The van der Waals surface area contributed by atoms with Crippen molar-refractivity contribution in [2.75, 3.05) is 17.9 Å². The summed E-state index contributed by atoms with van der Waals surface area (Å²) in [6, 6.07) is 8.30. The number of aromatic nitrogens is 2. The molecule has 1 heterocycles. The third-order valence-corrected chi connectivity index (χ3v) is 3.18. The van der Waals surface area contributed by atoms with Crippen LogP contribution in [0.2, 0.25) is 0 Å². The first-order valence-corrected chi connectivity index (χ1v) is 7.00. The molecule has 6 nitrogen and oxygen atoms in total. The van der Waals surface area contributed by atoms with E-state index in [-0.39, 0.29) is 0 Å². The number of hydrogen-bond donors (Lipinski definition) is 3. The van der Waals surface area contributed by atoms with E-state index in [1.54, 1.807) is 7.11 Å². The summed E-state index contributed by atoms with van der Waals surface area (Å²) in [4.78, 5) is 8.19. The fourth-order valence-electron chi connectivity index (χ4n) is 2.03. The van der Waals surface area contributed by atoms with Crippen LogP contribution in [0, 0.1) is 0 Å². The summed E-state index contributed by atoms with van der Waals surface area (Å²) in [5.74, 6) is 6.90. The predicted octanol–water partition coefficient (Wildman–Crippen LogP) is 2.86. The Balaban J connectivity index is 2.14. The number of methoxy groups -OCH3 is 1. The molecule has 2 rings (SSSR count). The maximum absolute atomic E-state index is 5.41. The molecule has 0 aliphatic rings. The minimum atomic E-state index is 0.439. The molecule has 1 aromatic carbocycles. The third kappa shape index (κ3) is 3.82. The zero-order valence-electron chi connectivity index (χ0n) is 12.4. The summed E-state index contributed by atoms with van der Waals surface area (Å²) in [5.41, 5.74) is 4.76. The Labute approximate surface area is 124 Å². The molecule has 0 fully saturated rings. The van der Waals surface area contributed by atoms with E-state index in [0.717, 1.165) is 12.1 Å². The smallest absolute Gasteiger partial charge is 0.205 e. The topological polar surface area (TPSA) is 85.1 Å². The Morgan fingerprint density at radius 1 is 1.14 bits per heavy atom. The van der Waals surface area contributed by atoms with Crippen LogP contribution >= 0.6 is 0 Å². The lowest BCUT2D eigenvalue weighted by molar-refractivity contribution is 0.415. The van der Waals surface area contributed by atoms with E-state index in [1.807, 2.05) is 12.1 Å². The zero-order chi connectivity index (χ0) is 15.1. The first-order valence-electron chi connectivity index (χ1n) is 7.00. The van der Waals surface area contributed by atoms with E-state index in [0.29, 0.717) is 17.4 Å². The minimum Gasteiger partial charge on any atom is -0.490 e. The average molecular weight is 287 g/mol. The van der Waals surface area contributed by atoms with Crippen LogP contribution < -0.4 is 21.3 Å². The van der Waals surface area contributed by atoms with E-state index < -0.39 is 0 Å². The Kier molecular flexibility index (Phi) is 5.34. The van der Waals surface area contributed by atoms with E-state index in [4.69, 9.17) is 10.6 Å². The van der Waals surface area contributed by atoms with Gasteiger partial charge in [-0.2, -0.15) is 0 Å². The van der Waals surface area contributed by atoms with Crippen molar-refractivity contribution in [2.24, 2.45) is 5.84 Å². The number of hydrazine groups is 1. The van der Waals surface area contributed by atoms with Crippen LogP contribution in [0.4, 0.5) is 17.3 Å². The standard InChI is InChI=1S/C15H21N5O/c1-3-4-5-11-6-8-12(9-7-11)19-14-13(21-2)15(20-16)18-10-17-14/h6-10H,3-5,16H2,1-2H3,(H2,17,18,19,20). The number of nitrogens with two attached hydrogens (primary N) is 1. The number of anilines is 3. The molecular weight excluding hydrogens is 266 g/mol. The normalized spacial score (nSPS) is 10.2. The van der Waals surface area contributed by atoms with Crippen LogP contribution in [0.3, 0.4) is 0 Å². The van der Waals surface area contributed by atoms with Crippen LogP contribution in [-0.4, -0.2) is 17.1 Å². The van der Waals surface area contributed by atoms with Crippen LogP contribution in [0.15, 0.2) is 30.6 Å². The quantitative estimate of drug-likeness (QED) is 0.536. The van der Waals surface area contributed by atoms with Crippen LogP contribution in [-0.2, 0) is 6.42 Å². The lowest BCUT2D eigenvalue weighted by Crippen LogP contribution is -2.11. The number of hydrogen-bond acceptors (Lipinski definition) is 6. The molecule has 4 N–H and O–H groups in total. The first kappa shape index (κ1) is 15.1. The molecule has 0 aliphatic carbocycles. The number of nitrogens with zero attached hydrogens (tertiary/aromatic N) is 2. The molecule has 6 heteroatoms. The van der Waals surface area contributed by atoms with Gasteiger partial charge in [0, 0.05) is 5.69 Å². The monoisotopic (exact) mass is 287 g/mol. The molecule has 0 saturated heterocycles. The van der Waals surface area contributed by atoms with E-state index in [9.17, 15) is 0 Å². The molecule has 1 aromatic heterocycles. The van der Waals surface area contributed by atoms with Gasteiger partial charge in [0.1, 0.15) is 6.33 Å². The van der Waals surface area contributed by atoms with Crippen molar-refractivity contribution in [3.05, 3.63) is 36.2 Å². The van der Waals surface area contributed by atoms with Crippen molar-refractivity contribution in [3.63, 3.8) is 0 Å². The minimum absolute atomic E-state index is 0.439. The van der Waals surface area contributed by atoms with Gasteiger partial charge in [0.15, 0.2) is 11.6 Å². The fraction of sp³-hybridized carbons (Fsp3) is 0.333. The summed E-state index contributed by atoms with van der Waals surface area (Å²) >= 11 is 0. The predicted molar refractivity (Wildman–Crippen MR) is 84.7 cm³/mol. The van der Waals surface area contributed by atoms with Gasteiger partial charge in [0.2, 0.25) is 5.75 Å². The molecule has 0 aliphatic heterocycles. The van der Waals surface area contributed by atoms with Crippen molar-refractivity contribution in [2.45, 2.75) is 26.2 Å². The molecule has 2 aromatic rings. The van der Waals surface area contributed by atoms with Gasteiger partial charge in [-0.3, -0.25) is 0 Å². The van der Waals surface area contributed by atoms with Gasteiger partial charge in [-0.25, -0.2) is 15.8 Å². The van der Waals surface area contributed by atoms with Gasteiger partial charge in [-0.1, -0.05) is 25.5 Å². The zero-order valence-corrected chi connectivity index (χ0v) is 12.4. The van der Waals surface area contributed by atoms with Crippen molar-refractivity contribution in [1.29, 1.82) is 0 Å². The lowest BCUT2D eigenvalue weighted by Gasteiger charge is -2.12. The summed E-state index contributed by atoms with van der Waals surface area (Å²) in [7, 11) is 1.55. The van der Waals surface area contributed by atoms with Crippen LogP contribution in [0.25, 0.3) is 0 Å². The Bertz CT molecular complexity index is 571. The molecule has 0 atom stereocenters. The van der Waals surface area contributed by atoms with Gasteiger partial charge >= 0.3 is 0 Å². The molecule has 21 heavy (non-hydrogen) atoms. The second-order valence-electron chi connectivity index (χ2n) is 4.67. The molecule has 112 valence electrons. The first-order chi connectivity index (χ1) is 10.3. The highest BCUT2D eigenvalue weighted by Crippen LogP contribution is 2.30. The summed E-state index contributed by atoms with van der Waals surface area (Å²) in [5, 5.41) is 3.21. The largest absolute Gasteiger partial charge is 0.490 e. The van der Waals surface area contributed by atoms with Gasteiger partial charge in [0.05, 0.1) is 7.11 Å². The molecule has 0 radical (unpaired) electrons. The fourth-order valence-corrected chi connectivity index (χ4v) is 2.03. The van der Waals surface area contributed by atoms with Crippen molar-refractivity contribution < 1.29 is 4.74 Å². The van der Waals surface area contributed by atoms with Gasteiger partial charge < -0.3 is 15.5 Å². The summed E-state index contributed by atoms with van der Waals surface area (Å²) in [6.45, 7) is 2.19. The second-order valence-corrected chi connectivity index (χ2v) is 4.67. The molecule has 0 saturated carbocycles. The van der Waals surface area contributed by atoms with E-state index >= 15 is 0 Å². The van der Waals surface area contributed by atoms with Gasteiger partial charge in [0.25, 0.3) is 0 Å². The van der Waals surface area contributed by atoms with E-state index in [1.165, 1.54) is 24.7 Å². The third-order valence-electron chi connectivity index (χ3n) is 3.18. The number of unbranched alkanes of at least 4 members (excludes halogenated alkanes) is 1. The lowest BCUT2D eigenvalue weighted by atomic mass is 10.1. The molecule has 0 spiro atoms. The molecule has 0 unspecified atom stereocenters. The molecule has 0 bridgehead atoms. The highest BCUT2D eigenvalue weighted by molar-refractivity contribution is 5.69. The average Bonchev–Trinajstić information content (AvgIpc) is 2.54. The second kappa shape index (κ2) is 7.44. The number of nitrogen functional groups attached to an aromatic ring is 1. The summed E-state index contributed by atoms with van der Waals surface area (Å²) < 4.78 is 5.29. The molecule has 0 amide bonds. The highest BCUT2D eigenvalue weighted by atomic mass is 16.5. The number of benzene rings is 1. The SMILES string of the molecule is CCCCc1ccc(Nc2ncnc(NN)c2OC)cc1. The molecular formula is C15H21N5O. The van der Waals surface area contributed by atoms with Gasteiger partial charge in [-0.05, 0) is 30.5 Å². The number of rotatable bonds is 7. The van der Waals surface area contributed by atoms with Crippen molar-refractivity contribution >= 4 is 17.3 Å². The van der Waals surface area contributed by atoms with Crippen molar-refractivity contribution in [3.8, 4) is 5.75 Å². The van der Waals surface area contributed by atoms with Crippen LogP contribution in [0.1, 0.15) is 25.3 Å².